The fraction of sp³-hybridized carbons (Fsp3) is 0.675. The van der Waals surface area contributed by atoms with Crippen LogP contribution in [0.15, 0.2) is 24.3 Å². The van der Waals surface area contributed by atoms with Gasteiger partial charge in [0.15, 0.2) is 6.29 Å². The van der Waals surface area contributed by atoms with Crippen LogP contribution < -0.4 is 0 Å². The summed E-state index contributed by atoms with van der Waals surface area (Å²) in [5.41, 5.74) is 5.02. The molecule has 0 aromatic heterocycles. The van der Waals surface area contributed by atoms with Crippen molar-refractivity contribution < 1.29 is 29.6 Å². The van der Waals surface area contributed by atoms with Gasteiger partial charge in [-0.25, -0.2) is 0 Å². The molecule has 0 aliphatic rings. The van der Waals surface area contributed by atoms with E-state index in [-0.39, 0.29) is 27.6 Å². The van der Waals surface area contributed by atoms with Crippen LogP contribution in [0.2, 0.25) is 0 Å². The second-order valence-electron chi connectivity index (χ2n) is 17.1. The number of benzene rings is 2. The second-order valence-corrected chi connectivity index (χ2v) is 17.1. The van der Waals surface area contributed by atoms with Crippen molar-refractivity contribution in [2.45, 2.75) is 162 Å². The largest absolute Gasteiger partial charge is 0.507 e. The van der Waals surface area contributed by atoms with Gasteiger partial charge >= 0.3 is 5.97 Å². The minimum Gasteiger partial charge on any atom is -0.507 e. The van der Waals surface area contributed by atoms with Gasteiger partial charge in [-0.15, -0.1) is 0 Å². The molecular weight excluding hydrogens is 576 g/mol. The summed E-state index contributed by atoms with van der Waals surface area (Å²) >= 11 is 0. The van der Waals surface area contributed by atoms with Crippen LogP contribution in [0.5, 0.6) is 11.5 Å². The molecule has 46 heavy (non-hydrogen) atoms. The van der Waals surface area contributed by atoms with Gasteiger partial charge in [0.1, 0.15) is 11.5 Å². The minimum atomic E-state index is -0.835. The van der Waals surface area contributed by atoms with Crippen LogP contribution in [-0.2, 0) is 48.8 Å². The van der Waals surface area contributed by atoms with E-state index < -0.39 is 6.29 Å². The highest BCUT2D eigenvalue weighted by Gasteiger charge is 2.28. The Kier molecular flexibility index (Phi) is 13.8. The van der Waals surface area contributed by atoms with Crippen LogP contribution in [-0.4, -0.2) is 40.8 Å². The number of carbonyl (C=O) groups excluding carboxylic acids is 1. The predicted molar refractivity (Wildman–Crippen MR) is 189 cm³/mol. The Labute approximate surface area is 279 Å². The topological polar surface area (TPSA) is 96.2 Å². The summed E-state index contributed by atoms with van der Waals surface area (Å²) in [6.07, 6.45) is 4.70. The highest BCUT2D eigenvalue weighted by atomic mass is 16.6. The first-order valence-electron chi connectivity index (χ1n) is 17.2. The van der Waals surface area contributed by atoms with Crippen molar-refractivity contribution in [1.82, 2.24) is 0 Å². The number of aryl methyl sites for hydroxylation is 2. The molecule has 0 heterocycles. The fourth-order valence-corrected chi connectivity index (χ4v) is 5.62. The maximum absolute atomic E-state index is 12.4. The maximum atomic E-state index is 12.4. The molecule has 0 radical (unpaired) electrons. The number of phenolic OH excluding ortho intramolecular Hbond substituents is 2. The third kappa shape index (κ3) is 12.2. The average molecular weight is 641 g/mol. The van der Waals surface area contributed by atoms with E-state index in [1.54, 1.807) is 0 Å². The van der Waals surface area contributed by atoms with Crippen LogP contribution in [0.1, 0.15) is 155 Å². The van der Waals surface area contributed by atoms with Crippen LogP contribution in [0.4, 0.5) is 0 Å². The zero-order valence-electron chi connectivity index (χ0n) is 31.0. The van der Waals surface area contributed by atoms with Crippen molar-refractivity contribution in [1.29, 1.82) is 0 Å². The van der Waals surface area contributed by atoms with Gasteiger partial charge in [-0.2, -0.15) is 0 Å². The summed E-state index contributed by atoms with van der Waals surface area (Å²) < 4.78 is 11.2. The van der Waals surface area contributed by atoms with Crippen molar-refractivity contribution in [3.8, 4) is 11.5 Å². The summed E-state index contributed by atoms with van der Waals surface area (Å²) in [7, 11) is 0. The molecule has 6 heteroatoms. The number of hydrogen-bond acceptors (Lipinski definition) is 6. The molecule has 2 aromatic rings. The number of ether oxygens (including phenoxy) is 2. The van der Waals surface area contributed by atoms with Gasteiger partial charge in [-0.1, -0.05) is 114 Å². The summed E-state index contributed by atoms with van der Waals surface area (Å²) in [4.78, 5) is 12.4. The predicted octanol–water partition coefficient (Wildman–Crippen LogP) is 9.29. The minimum absolute atomic E-state index is 0.186. The molecule has 2 rings (SSSR count). The molecule has 0 saturated carbocycles. The average Bonchev–Trinajstić information content (AvgIpc) is 2.90. The third-order valence-electron chi connectivity index (χ3n) is 8.48. The zero-order chi connectivity index (χ0) is 35.1. The lowest BCUT2D eigenvalue weighted by molar-refractivity contribution is -0.143. The normalized spacial score (nSPS) is 13.6. The lowest BCUT2D eigenvalue weighted by Gasteiger charge is -2.28. The van der Waals surface area contributed by atoms with Gasteiger partial charge in [0.2, 0.25) is 0 Å². The summed E-state index contributed by atoms with van der Waals surface area (Å²) in [5.74, 6) is 0.519. The molecule has 0 fully saturated rings. The molecule has 1 unspecified atom stereocenters. The Balaban J connectivity index is 1.71. The number of aliphatic hydroxyl groups excluding tert-OH is 1. The molecule has 0 bridgehead atoms. The zero-order valence-corrected chi connectivity index (χ0v) is 31.0. The van der Waals surface area contributed by atoms with Crippen LogP contribution >= 0.6 is 0 Å². The molecule has 0 amide bonds. The quantitative estimate of drug-likeness (QED) is 0.108. The molecule has 0 aliphatic carbocycles. The monoisotopic (exact) mass is 640 g/mol. The standard InChI is InChI=1S/C40H64O6/c1-37(2,3)29-23-27(24-30(35(29)43)38(4,5)6)17-19-33(41)45-21-15-13-14-16-22-46-34(42)20-18-28-25-31(39(7,8)9)36(44)32(26-28)40(10,11)12/h23-26,33,41,43-44H,13-22H2,1-12H3. The Morgan fingerprint density at radius 2 is 0.978 bits per heavy atom. The molecule has 0 spiro atoms. The van der Waals surface area contributed by atoms with Crippen molar-refractivity contribution in [3.63, 3.8) is 0 Å². The molecule has 260 valence electrons. The van der Waals surface area contributed by atoms with E-state index in [1.807, 2.05) is 12.1 Å². The maximum Gasteiger partial charge on any atom is 0.306 e. The van der Waals surface area contributed by atoms with Gasteiger partial charge in [0, 0.05) is 19.4 Å². The van der Waals surface area contributed by atoms with Crippen LogP contribution in [0.3, 0.4) is 0 Å². The first kappa shape index (κ1) is 39.6. The van der Waals surface area contributed by atoms with E-state index in [1.165, 1.54) is 0 Å². The van der Waals surface area contributed by atoms with E-state index in [9.17, 15) is 20.1 Å². The van der Waals surface area contributed by atoms with Crippen molar-refractivity contribution in [2.75, 3.05) is 13.2 Å². The van der Waals surface area contributed by atoms with Gasteiger partial charge in [-0.05, 0) is 87.1 Å². The Hall–Kier alpha value is -2.57. The SMILES string of the molecule is CC(C)(C)c1cc(CCC(=O)OCCCCCCOC(O)CCc2cc(C(C)(C)C)c(O)c(C(C)(C)C)c2)cc(C(C)(C)C)c1O. The molecule has 3 N–H and O–H groups in total. The number of unbranched alkanes of at least 4 members (excludes halogenated alkanes) is 3. The van der Waals surface area contributed by atoms with Gasteiger partial charge < -0.3 is 24.8 Å². The van der Waals surface area contributed by atoms with E-state index >= 15 is 0 Å². The lowest BCUT2D eigenvalue weighted by Crippen LogP contribution is -2.19. The smallest absolute Gasteiger partial charge is 0.306 e. The molecule has 0 saturated heterocycles. The van der Waals surface area contributed by atoms with Gasteiger partial charge in [0.05, 0.1) is 6.61 Å². The number of hydrogen-bond donors (Lipinski definition) is 3. The highest BCUT2D eigenvalue weighted by Crippen LogP contribution is 2.41. The third-order valence-corrected chi connectivity index (χ3v) is 8.48. The number of aliphatic hydroxyl groups is 1. The molecule has 1 atom stereocenters. The van der Waals surface area contributed by atoms with Crippen molar-refractivity contribution in [2.24, 2.45) is 0 Å². The Bertz CT molecular complexity index is 1210. The van der Waals surface area contributed by atoms with Crippen LogP contribution in [0, 0.1) is 0 Å². The Morgan fingerprint density at radius 1 is 0.609 bits per heavy atom. The molecule has 6 nitrogen and oxygen atoms in total. The van der Waals surface area contributed by atoms with Gasteiger partial charge in [-0.3, -0.25) is 4.79 Å². The first-order chi connectivity index (χ1) is 21.0. The van der Waals surface area contributed by atoms with Gasteiger partial charge in [0.25, 0.3) is 0 Å². The number of phenols is 2. The Morgan fingerprint density at radius 3 is 1.37 bits per heavy atom. The van der Waals surface area contributed by atoms with E-state index in [4.69, 9.17) is 9.47 Å². The number of rotatable bonds is 14. The number of esters is 1. The second kappa shape index (κ2) is 16.0. The molecule has 2 aromatic carbocycles. The summed E-state index contributed by atoms with van der Waals surface area (Å²) in [6.45, 7) is 26.0. The number of aromatic hydroxyl groups is 2. The number of carbonyl (C=O) groups is 1. The van der Waals surface area contributed by atoms with E-state index in [0.29, 0.717) is 50.4 Å². The molecular formula is C40H64O6. The van der Waals surface area contributed by atoms with Crippen LogP contribution in [0.25, 0.3) is 0 Å². The lowest BCUT2D eigenvalue weighted by atomic mass is 9.78. The molecule has 0 aliphatic heterocycles. The summed E-state index contributed by atoms with van der Waals surface area (Å²) in [5, 5.41) is 32.3. The van der Waals surface area contributed by atoms with Crippen molar-refractivity contribution in [3.05, 3.63) is 57.6 Å². The fourth-order valence-electron chi connectivity index (χ4n) is 5.62. The summed E-state index contributed by atoms with van der Waals surface area (Å²) in [6, 6.07) is 8.16. The first-order valence-corrected chi connectivity index (χ1v) is 17.2. The van der Waals surface area contributed by atoms with E-state index in [0.717, 1.165) is 59.1 Å². The van der Waals surface area contributed by atoms with E-state index in [2.05, 4.69) is 95.2 Å². The van der Waals surface area contributed by atoms with Crippen molar-refractivity contribution >= 4 is 5.97 Å². The highest BCUT2D eigenvalue weighted by molar-refractivity contribution is 5.69.